The van der Waals surface area contributed by atoms with E-state index in [-0.39, 0.29) is 0 Å². The molecule has 0 aromatic carbocycles. The summed E-state index contributed by atoms with van der Waals surface area (Å²) in [6.45, 7) is 7.76. The Hall–Kier alpha value is -1.09. The molecule has 1 aromatic heterocycles. The van der Waals surface area contributed by atoms with Gasteiger partial charge in [0.15, 0.2) is 0 Å². The SMILES string of the molecule is CCCNC1CCN(c2cccnc2C)CC1. The van der Waals surface area contributed by atoms with Crippen molar-refractivity contribution in [2.45, 2.75) is 39.2 Å². The number of rotatable bonds is 4. The lowest BCUT2D eigenvalue weighted by molar-refractivity contribution is 0.415. The Morgan fingerprint density at radius 1 is 1.41 bits per heavy atom. The molecule has 3 nitrogen and oxygen atoms in total. The highest BCUT2D eigenvalue weighted by Crippen LogP contribution is 2.21. The highest BCUT2D eigenvalue weighted by molar-refractivity contribution is 5.50. The highest BCUT2D eigenvalue weighted by atomic mass is 15.2. The van der Waals surface area contributed by atoms with Crippen molar-refractivity contribution in [1.29, 1.82) is 0 Å². The predicted octanol–water partition coefficient (Wildman–Crippen LogP) is 2.36. The maximum atomic E-state index is 4.37. The Morgan fingerprint density at radius 2 is 2.18 bits per heavy atom. The second kappa shape index (κ2) is 6.01. The Balaban J connectivity index is 1.89. The molecule has 0 bridgehead atoms. The van der Waals surface area contributed by atoms with Gasteiger partial charge in [-0.25, -0.2) is 0 Å². The van der Waals surface area contributed by atoms with Gasteiger partial charge in [-0.2, -0.15) is 0 Å². The first-order chi connectivity index (χ1) is 8.31. The largest absolute Gasteiger partial charge is 0.370 e. The first-order valence-corrected chi connectivity index (χ1v) is 6.71. The van der Waals surface area contributed by atoms with Crippen LogP contribution in [0.3, 0.4) is 0 Å². The van der Waals surface area contributed by atoms with Crippen LogP contribution in [0.5, 0.6) is 0 Å². The van der Waals surface area contributed by atoms with Crippen LogP contribution in [0, 0.1) is 6.92 Å². The Kier molecular flexibility index (Phi) is 4.37. The molecule has 0 unspecified atom stereocenters. The zero-order valence-corrected chi connectivity index (χ0v) is 10.9. The Morgan fingerprint density at radius 3 is 2.82 bits per heavy atom. The standard InChI is InChI=1S/C14H23N3/c1-3-8-16-13-6-10-17(11-7-13)14-5-4-9-15-12(14)2/h4-5,9,13,16H,3,6-8,10-11H2,1-2H3. The van der Waals surface area contributed by atoms with Gasteiger partial charge >= 0.3 is 0 Å². The van der Waals surface area contributed by atoms with Crippen molar-refractivity contribution in [3.63, 3.8) is 0 Å². The number of piperidine rings is 1. The zero-order valence-electron chi connectivity index (χ0n) is 10.9. The molecule has 0 aliphatic carbocycles. The van der Waals surface area contributed by atoms with E-state index in [0.29, 0.717) is 6.04 Å². The summed E-state index contributed by atoms with van der Waals surface area (Å²) in [5.41, 5.74) is 2.45. The number of pyridine rings is 1. The Bertz CT molecular complexity index is 343. The van der Waals surface area contributed by atoms with E-state index >= 15 is 0 Å². The second-order valence-corrected chi connectivity index (χ2v) is 4.82. The number of nitrogens with one attached hydrogen (secondary N) is 1. The minimum Gasteiger partial charge on any atom is -0.370 e. The van der Waals surface area contributed by atoms with Gasteiger partial charge in [-0.1, -0.05) is 6.92 Å². The number of hydrogen-bond donors (Lipinski definition) is 1. The van der Waals surface area contributed by atoms with Crippen LogP contribution >= 0.6 is 0 Å². The maximum Gasteiger partial charge on any atom is 0.0605 e. The lowest BCUT2D eigenvalue weighted by Gasteiger charge is -2.34. The average molecular weight is 233 g/mol. The van der Waals surface area contributed by atoms with Crippen molar-refractivity contribution in [1.82, 2.24) is 10.3 Å². The van der Waals surface area contributed by atoms with E-state index in [4.69, 9.17) is 0 Å². The normalized spacial score (nSPS) is 17.4. The molecular weight excluding hydrogens is 210 g/mol. The molecule has 0 atom stereocenters. The topological polar surface area (TPSA) is 28.2 Å². The molecule has 3 heteroatoms. The van der Waals surface area contributed by atoms with Crippen LogP contribution in [-0.2, 0) is 0 Å². The smallest absolute Gasteiger partial charge is 0.0605 e. The summed E-state index contributed by atoms with van der Waals surface area (Å²) in [5, 5.41) is 3.62. The molecule has 2 rings (SSSR count). The summed E-state index contributed by atoms with van der Waals surface area (Å²) >= 11 is 0. The first kappa shape index (κ1) is 12.4. The van der Waals surface area contributed by atoms with Crippen molar-refractivity contribution in [3.8, 4) is 0 Å². The van der Waals surface area contributed by atoms with Gasteiger partial charge in [-0.05, 0) is 44.9 Å². The van der Waals surface area contributed by atoms with Crippen molar-refractivity contribution in [2.75, 3.05) is 24.5 Å². The minimum atomic E-state index is 0.711. The minimum absolute atomic E-state index is 0.711. The molecule has 1 aromatic rings. The molecular formula is C14H23N3. The van der Waals surface area contributed by atoms with Gasteiger partial charge in [-0.3, -0.25) is 4.98 Å². The van der Waals surface area contributed by atoms with E-state index < -0.39 is 0 Å². The van der Waals surface area contributed by atoms with Crippen molar-refractivity contribution < 1.29 is 0 Å². The number of anilines is 1. The summed E-state index contributed by atoms with van der Waals surface area (Å²) < 4.78 is 0. The molecule has 1 aliphatic rings. The van der Waals surface area contributed by atoms with Crippen molar-refractivity contribution in [2.24, 2.45) is 0 Å². The lowest BCUT2D eigenvalue weighted by Crippen LogP contribution is -2.43. The van der Waals surface area contributed by atoms with Crippen LogP contribution < -0.4 is 10.2 Å². The molecule has 0 saturated carbocycles. The first-order valence-electron chi connectivity index (χ1n) is 6.71. The van der Waals surface area contributed by atoms with Gasteiger partial charge in [0, 0.05) is 25.3 Å². The van der Waals surface area contributed by atoms with Crippen LogP contribution in [0.25, 0.3) is 0 Å². The van der Waals surface area contributed by atoms with Crippen LogP contribution in [0.2, 0.25) is 0 Å². The molecule has 17 heavy (non-hydrogen) atoms. The van der Waals surface area contributed by atoms with Crippen LogP contribution in [0.4, 0.5) is 5.69 Å². The van der Waals surface area contributed by atoms with Gasteiger partial charge in [0.05, 0.1) is 11.4 Å². The fraction of sp³-hybridized carbons (Fsp3) is 0.643. The molecule has 1 N–H and O–H groups in total. The molecule has 0 spiro atoms. The summed E-state index contributed by atoms with van der Waals surface area (Å²) in [5.74, 6) is 0. The quantitative estimate of drug-likeness (QED) is 0.865. The average Bonchev–Trinajstić information content (AvgIpc) is 2.38. The van der Waals surface area contributed by atoms with Crippen LogP contribution in [0.15, 0.2) is 18.3 Å². The number of aromatic nitrogens is 1. The van der Waals surface area contributed by atoms with E-state index in [9.17, 15) is 0 Å². The van der Waals surface area contributed by atoms with Crippen molar-refractivity contribution in [3.05, 3.63) is 24.0 Å². The number of hydrogen-bond acceptors (Lipinski definition) is 3. The molecule has 1 aliphatic heterocycles. The summed E-state index contributed by atoms with van der Waals surface area (Å²) in [6.07, 6.45) is 5.58. The molecule has 94 valence electrons. The van der Waals surface area contributed by atoms with E-state index in [1.807, 2.05) is 12.3 Å². The summed E-state index contributed by atoms with van der Waals surface area (Å²) in [7, 11) is 0. The van der Waals surface area contributed by atoms with Gasteiger partial charge in [-0.15, -0.1) is 0 Å². The van der Waals surface area contributed by atoms with Gasteiger partial charge < -0.3 is 10.2 Å². The van der Waals surface area contributed by atoms with E-state index in [0.717, 1.165) is 25.3 Å². The Labute approximate surface area is 104 Å². The molecule has 1 fully saturated rings. The van der Waals surface area contributed by atoms with E-state index in [1.165, 1.54) is 24.9 Å². The molecule has 0 radical (unpaired) electrons. The predicted molar refractivity (Wildman–Crippen MR) is 72.5 cm³/mol. The fourth-order valence-electron chi connectivity index (χ4n) is 2.48. The third-order valence-electron chi connectivity index (χ3n) is 3.50. The lowest BCUT2D eigenvalue weighted by atomic mass is 10.0. The van der Waals surface area contributed by atoms with E-state index in [1.54, 1.807) is 0 Å². The number of nitrogens with zero attached hydrogens (tertiary/aromatic N) is 2. The number of aryl methyl sites for hydroxylation is 1. The molecule has 1 saturated heterocycles. The molecule has 2 heterocycles. The van der Waals surface area contributed by atoms with Gasteiger partial charge in [0.25, 0.3) is 0 Å². The third kappa shape index (κ3) is 3.19. The zero-order chi connectivity index (χ0) is 12.1. The van der Waals surface area contributed by atoms with Crippen molar-refractivity contribution >= 4 is 5.69 Å². The summed E-state index contributed by atoms with van der Waals surface area (Å²) in [6, 6.07) is 4.93. The molecule has 0 amide bonds. The summed E-state index contributed by atoms with van der Waals surface area (Å²) in [4.78, 5) is 6.83. The van der Waals surface area contributed by atoms with Crippen LogP contribution in [0.1, 0.15) is 31.9 Å². The highest BCUT2D eigenvalue weighted by Gasteiger charge is 2.19. The third-order valence-corrected chi connectivity index (χ3v) is 3.50. The maximum absolute atomic E-state index is 4.37. The van der Waals surface area contributed by atoms with Crippen LogP contribution in [-0.4, -0.2) is 30.7 Å². The van der Waals surface area contributed by atoms with Gasteiger partial charge in [0.1, 0.15) is 0 Å². The van der Waals surface area contributed by atoms with Gasteiger partial charge in [0.2, 0.25) is 0 Å². The monoisotopic (exact) mass is 233 g/mol. The van der Waals surface area contributed by atoms with E-state index in [2.05, 4.69) is 35.1 Å². The fourth-order valence-corrected chi connectivity index (χ4v) is 2.48. The second-order valence-electron chi connectivity index (χ2n) is 4.82.